The van der Waals surface area contributed by atoms with Crippen molar-refractivity contribution in [2.24, 2.45) is 5.73 Å². The van der Waals surface area contributed by atoms with Gasteiger partial charge in [-0.1, -0.05) is 42.5 Å². The molecule has 25 heavy (non-hydrogen) atoms. The van der Waals surface area contributed by atoms with Gasteiger partial charge in [-0.15, -0.1) is 0 Å². The molecule has 126 valence electrons. The number of primary amides is 1. The van der Waals surface area contributed by atoms with E-state index in [9.17, 15) is 9.59 Å². The van der Waals surface area contributed by atoms with Gasteiger partial charge in [0.2, 0.25) is 5.91 Å². The number of amides is 2. The van der Waals surface area contributed by atoms with Crippen LogP contribution in [0.5, 0.6) is 0 Å². The predicted molar refractivity (Wildman–Crippen MR) is 94.7 cm³/mol. The lowest BCUT2D eigenvalue weighted by molar-refractivity contribution is -0.120. The summed E-state index contributed by atoms with van der Waals surface area (Å²) in [6, 6.07) is 19.1. The van der Waals surface area contributed by atoms with E-state index in [1.54, 1.807) is 36.4 Å². The number of hydrazine groups is 1. The molecule has 0 spiro atoms. The number of benzene rings is 2. The van der Waals surface area contributed by atoms with Crippen molar-refractivity contribution in [3.8, 4) is 5.69 Å². The van der Waals surface area contributed by atoms with E-state index < -0.39 is 11.9 Å². The van der Waals surface area contributed by atoms with Gasteiger partial charge in [0.05, 0.1) is 11.3 Å². The Hall–Kier alpha value is -3.38. The lowest BCUT2D eigenvalue weighted by Crippen LogP contribution is -2.45. The fraction of sp³-hybridized carbons (Fsp3) is 0.0526. The summed E-state index contributed by atoms with van der Waals surface area (Å²) in [5.74, 6) is -0.934. The van der Waals surface area contributed by atoms with Crippen LogP contribution < -0.4 is 16.6 Å². The summed E-state index contributed by atoms with van der Waals surface area (Å²) in [4.78, 5) is 24.3. The molecule has 0 fully saturated rings. The maximum atomic E-state index is 12.6. The molecule has 0 radical (unpaired) electrons. The molecule has 0 unspecified atom stereocenters. The molecular formula is C19H18N4O2. The van der Waals surface area contributed by atoms with Crippen LogP contribution in [0.2, 0.25) is 0 Å². The van der Waals surface area contributed by atoms with Gasteiger partial charge in [0.15, 0.2) is 0 Å². The van der Waals surface area contributed by atoms with Crippen molar-refractivity contribution in [3.05, 3.63) is 90.3 Å². The highest BCUT2D eigenvalue weighted by Gasteiger charge is 2.19. The topological polar surface area (TPSA) is 89.2 Å². The van der Waals surface area contributed by atoms with Crippen molar-refractivity contribution < 1.29 is 9.59 Å². The van der Waals surface area contributed by atoms with E-state index in [0.29, 0.717) is 11.1 Å². The van der Waals surface area contributed by atoms with Gasteiger partial charge < -0.3 is 10.3 Å². The summed E-state index contributed by atoms with van der Waals surface area (Å²) in [6.07, 6.45) is 3.71. The van der Waals surface area contributed by atoms with Gasteiger partial charge >= 0.3 is 0 Å². The number of nitrogens with two attached hydrogens (primary N) is 1. The maximum Gasteiger partial charge on any atom is 0.267 e. The summed E-state index contributed by atoms with van der Waals surface area (Å²) < 4.78 is 1.84. The van der Waals surface area contributed by atoms with Crippen LogP contribution in [0.15, 0.2) is 79.1 Å². The van der Waals surface area contributed by atoms with Crippen molar-refractivity contribution in [3.63, 3.8) is 0 Å². The molecule has 4 N–H and O–H groups in total. The van der Waals surface area contributed by atoms with Crippen LogP contribution in [0.25, 0.3) is 5.69 Å². The molecule has 0 saturated carbocycles. The Morgan fingerprint density at radius 2 is 1.52 bits per heavy atom. The van der Waals surface area contributed by atoms with Gasteiger partial charge in [-0.25, -0.2) is 5.43 Å². The third-order valence-corrected chi connectivity index (χ3v) is 3.78. The zero-order valence-electron chi connectivity index (χ0n) is 13.4. The van der Waals surface area contributed by atoms with Crippen molar-refractivity contribution in [1.29, 1.82) is 0 Å². The van der Waals surface area contributed by atoms with E-state index >= 15 is 0 Å². The van der Waals surface area contributed by atoms with Gasteiger partial charge in [0.1, 0.15) is 6.04 Å². The molecule has 2 aromatic carbocycles. The van der Waals surface area contributed by atoms with Gasteiger partial charge in [0.25, 0.3) is 5.91 Å². The Balaban J connectivity index is 1.78. The van der Waals surface area contributed by atoms with Crippen LogP contribution >= 0.6 is 0 Å². The first-order valence-electron chi connectivity index (χ1n) is 7.79. The van der Waals surface area contributed by atoms with Crippen molar-refractivity contribution >= 4 is 11.8 Å². The maximum absolute atomic E-state index is 12.6. The van der Waals surface area contributed by atoms with E-state index in [1.165, 1.54) is 0 Å². The zero-order chi connectivity index (χ0) is 17.6. The second-order valence-electron chi connectivity index (χ2n) is 5.45. The van der Waals surface area contributed by atoms with Gasteiger partial charge in [-0.3, -0.25) is 15.0 Å². The largest absolute Gasteiger partial charge is 0.368 e. The number of para-hydroxylation sites is 1. The van der Waals surface area contributed by atoms with E-state index in [-0.39, 0.29) is 5.91 Å². The van der Waals surface area contributed by atoms with Crippen LogP contribution in [-0.4, -0.2) is 16.4 Å². The molecule has 2 amide bonds. The third kappa shape index (κ3) is 3.76. The highest BCUT2D eigenvalue weighted by Crippen LogP contribution is 2.15. The molecule has 0 aliphatic rings. The lowest BCUT2D eigenvalue weighted by Gasteiger charge is -2.17. The number of aromatic nitrogens is 1. The molecule has 0 aliphatic heterocycles. The fourth-order valence-corrected chi connectivity index (χ4v) is 2.56. The second-order valence-corrected chi connectivity index (χ2v) is 5.45. The first kappa shape index (κ1) is 16.5. The minimum atomic E-state index is -0.816. The monoisotopic (exact) mass is 334 g/mol. The minimum absolute atomic E-state index is 0.355. The molecule has 1 heterocycles. The minimum Gasteiger partial charge on any atom is -0.368 e. The molecule has 0 bridgehead atoms. The van der Waals surface area contributed by atoms with Crippen molar-refractivity contribution in [1.82, 2.24) is 15.4 Å². The molecule has 1 aromatic heterocycles. The summed E-state index contributed by atoms with van der Waals surface area (Å²) in [5, 5.41) is 0. The number of nitrogens with one attached hydrogen (secondary N) is 2. The molecule has 6 nitrogen and oxygen atoms in total. The second kappa shape index (κ2) is 7.46. The number of hydrogen-bond donors (Lipinski definition) is 3. The van der Waals surface area contributed by atoms with E-state index in [1.807, 2.05) is 47.3 Å². The highest BCUT2D eigenvalue weighted by molar-refractivity contribution is 5.97. The first-order chi connectivity index (χ1) is 12.2. The SMILES string of the molecule is NC(=O)[C@@H](NNC(=O)c1ccccc1-n1cccc1)c1ccccc1. The molecular weight excluding hydrogens is 316 g/mol. The molecule has 6 heteroatoms. The summed E-state index contributed by atoms with van der Waals surface area (Å²) >= 11 is 0. The van der Waals surface area contributed by atoms with Crippen molar-refractivity contribution in [2.45, 2.75) is 6.04 Å². The fourth-order valence-electron chi connectivity index (χ4n) is 2.56. The Labute approximate surface area is 145 Å². The smallest absolute Gasteiger partial charge is 0.267 e. The quantitative estimate of drug-likeness (QED) is 0.602. The number of carbonyl (C=O) groups is 2. The van der Waals surface area contributed by atoms with Gasteiger partial charge in [0, 0.05) is 12.4 Å². The standard InChI is InChI=1S/C19H18N4O2/c20-18(24)17(14-8-2-1-3-9-14)21-22-19(25)15-10-4-5-11-16(15)23-12-6-7-13-23/h1-13,17,21H,(H2,20,24)(H,22,25)/t17-/m0/s1. The number of hydrogen-bond acceptors (Lipinski definition) is 3. The average molecular weight is 334 g/mol. The van der Waals surface area contributed by atoms with Crippen LogP contribution in [0.3, 0.4) is 0 Å². The molecule has 3 rings (SSSR count). The van der Waals surface area contributed by atoms with Crippen LogP contribution in [-0.2, 0) is 4.79 Å². The Bertz CT molecular complexity index is 860. The number of nitrogens with zero attached hydrogens (tertiary/aromatic N) is 1. The summed E-state index contributed by atoms with van der Waals surface area (Å²) in [7, 11) is 0. The molecule has 0 aliphatic carbocycles. The van der Waals surface area contributed by atoms with Crippen LogP contribution in [0.4, 0.5) is 0 Å². The van der Waals surface area contributed by atoms with Crippen LogP contribution in [0, 0.1) is 0 Å². The van der Waals surface area contributed by atoms with Gasteiger partial charge in [-0.05, 0) is 29.8 Å². The lowest BCUT2D eigenvalue weighted by atomic mass is 10.1. The first-order valence-corrected chi connectivity index (χ1v) is 7.79. The Morgan fingerprint density at radius 1 is 0.880 bits per heavy atom. The Morgan fingerprint density at radius 3 is 2.20 bits per heavy atom. The zero-order valence-corrected chi connectivity index (χ0v) is 13.4. The van der Waals surface area contributed by atoms with E-state index in [0.717, 1.165) is 5.69 Å². The number of rotatable bonds is 6. The Kier molecular flexibility index (Phi) is 4.92. The van der Waals surface area contributed by atoms with Gasteiger partial charge in [-0.2, -0.15) is 0 Å². The summed E-state index contributed by atoms with van der Waals surface area (Å²) in [5.41, 5.74) is 12.6. The van der Waals surface area contributed by atoms with Crippen molar-refractivity contribution in [2.75, 3.05) is 0 Å². The normalized spacial score (nSPS) is 11.7. The van der Waals surface area contributed by atoms with E-state index in [2.05, 4.69) is 10.9 Å². The molecule has 0 saturated heterocycles. The average Bonchev–Trinajstić information content (AvgIpc) is 3.17. The number of carbonyl (C=O) groups excluding carboxylic acids is 2. The third-order valence-electron chi connectivity index (χ3n) is 3.78. The molecule has 1 atom stereocenters. The molecule has 3 aromatic rings. The van der Waals surface area contributed by atoms with Crippen LogP contribution in [0.1, 0.15) is 22.0 Å². The predicted octanol–water partition coefficient (Wildman–Crippen LogP) is 1.94. The highest BCUT2D eigenvalue weighted by atomic mass is 16.2. The summed E-state index contributed by atoms with van der Waals surface area (Å²) in [6.45, 7) is 0. The van der Waals surface area contributed by atoms with E-state index in [4.69, 9.17) is 5.73 Å².